The third kappa shape index (κ3) is 3.58. The fourth-order valence-corrected chi connectivity index (χ4v) is 3.73. The molecule has 5 heteroatoms. The van der Waals surface area contributed by atoms with Crippen LogP contribution in [0.15, 0.2) is 71.2 Å². The second kappa shape index (κ2) is 7.03. The molecule has 3 rings (SSSR count). The lowest BCUT2D eigenvalue weighted by atomic mass is 10.1. The highest BCUT2D eigenvalue weighted by atomic mass is 32.2. The van der Waals surface area contributed by atoms with E-state index in [-0.39, 0.29) is 11.7 Å². The molecular formula is C19H15NO2S2. The molecule has 1 aliphatic rings. The van der Waals surface area contributed by atoms with Crippen LogP contribution in [0.4, 0.5) is 5.69 Å². The molecule has 2 aromatic rings. The molecule has 0 spiro atoms. The van der Waals surface area contributed by atoms with Crippen molar-refractivity contribution in [1.82, 2.24) is 0 Å². The summed E-state index contributed by atoms with van der Waals surface area (Å²) in [6, 6.07) is 16.5. The number of aromatic hydroxyl groups is 1. The fraction of sp³-hybridized carbons (Fsp3) is 0.0526. The van der Waals surface area contributed by atoms with Crippen LogP contribution in [0.25, 0.3) is 6.08 Å². The highest BCUT2D eigenvalue weighted by Gasteiger charge is 2.33. The first-order chi connectivity index (χ1) is 11.5. The summed E-state index contributed by atoms with van der Waals surface area (Å²) >= 11 is 6.60. The van der Waals surface area contributed by atoms with Gasteiger partial charge in [-0.15, -0.1) is 0 Å². The predicted octanol–water partition coefficient (Wildman–Crippen LogP) is 4.74. The Kier molecular flexibility index (Phi) is 4.83. The van der Waals surface area contributed by atoms with Crippen LogP contribution in [0.2, 0.25) is 0 Å². The Hall–Kier alpha value is -2.37. The highest BCUT2D eigenvalue weighted by Crippen LogP contribution is 2.36. The number of phenols is 1. The SMILES string of the molecule is CC(=C/c1ccccc1)/C=C1\SC(=S)N(c2cccc(O)c2)C1=O. The molecule has 1 fully saturated rings. The molecule has 0 aromatic heterocycles. The van der Waals surface area contributed by atoms with Gasteiger partial charge in [0, 0.05) is 6.07 Å². The van der Waals surface area contributed by atoms with Crippen molar-refractivity contribution in [2.75, 3.05) is 4.90 Å². The summed E-state index contributed by atoms with van der Waals surface area (Å²) in [5, 5.41) is 9.61. The quantitative estimate of drug-likeness (QED) is 0.639. The number of allylic oxidation sites excluding steroid dienone is 2. The summed E-state index contributed by atoms with van der Waals surface area (Å²) in [6.45, 7) is 1.95. The van der Waals surface area contributed by atoms with Crippen LogP contribution in [0.5, 0.6) is 5.75 Å². The Balaban J connectivity index is 1.87. The number of benzene rings is 2. The minimum absolute atomic E-state index is 0.102. The van der Waals surface area contributed by atoms with E-state index in [0.29, 0.717) is 14.9 Å². The minimum Gasteiger partial charge on any atom is -0.508 e. The third-order valence-electron chi connectivity index (χ3n) is 3.43. The molecule has 1 N–H and O–H groups in total. The summed E-state index contributed by atoms with van der Waals surface area (Å²) < 4.78 is 0.462. The monoisotopic (exact) mass is 353 g/mol. The molecule has 1 amide bonds. The summed E-state index contributed by atoms with van der Waals surface area (Å²) in [5.41, 5.74) is 2.62. The summed E-state index contributed by atoms with van der Waals surface area (Å²) in [7, 11) is 0. The smallest absolute Gasteiger partial charge is 0.270 e. The van der Waals surface area contributed by atoms with Gasteiger partial charge < -0.3 is 5.11 Å². The first-order valence-corrected chi connectivity index (χ1v) is 8.57. The molecule has 2 aromatic carbocycles. The van der Waals surface area contributed by atoms with Gasteiger partial charge in [-0.05, 0) is 36.3 Å². The molecule has 0 saturated carbocycles. The number of phenolic OH excluding ortho intramolecular Hbond substituents is 1. The number of amides is 1. The maximum Gasteiger partial charge on any atom is 0.270 e. The zero-order chi connectivity index (χ0) is 17.1. The number of anilines is 1. The van der Waals surface area contributed by atoms with E-state index < -0.39 is 0 Å². The van der Waals surface area contributed by atoms with Crippen molar-refractivity contribution in [3.8, 4) is 5.75 Å². The number of carbonyl (C=O) groups is 1. The molecule has 0 atom stereocenters. The van der Waals surface area contributed by atoms with Gasteiger partial charge in [0.25, 0.3) is 5.91 Å². The normalized spacial score (nSPS) is 17.0. The predicted molar refractivity (Wildman–Crippen MR) is 104 cm³/mol. The van der Waals surface area contributed by atoms with Gasteiger partial charge in [0.2, 0.25) is 0 Å². The number of hydrogen-bond acceptors (Lipinski definition) is 4. The summed E-state index contributed by atoms with van der Waals surface area (Å²) in [5.74, 6) is -0.0675. The van der Waals surface area contributed by atoms with E-state index in [0.717, 1.165) is 11.1 Å². The molecule has 0 aliphatic carbocycles. The topological polar surface area (TPSA) is 40.5 Å². The van der Waals surface area contributed by atoms with E-state index in [4.69, 9.17) is 12.2 Å². The Morgan fingerprint density at radius 2 is 1.92 bits per heavy atom. The molecule has 0 bridgehead atoms. The van der Waals surface area contributed by atoms with Gasteiger partial charge in [-0.25, -0.2) is 0 Å². The molecule has 1 aliphatic heterocycles. The van der Waals surface area contributed by atoms with Crippen molar-refractivity contribution in [3.63, 3.8) is 0 Å². The second-order valence-electron chi connectivity index (χ2n) is 5.34. The lowest BCUT2D eigenvalue weighted by Crippen LogP contribution is -2.27. The van der Waals surface area contributed by atoms with Gasteiger partial charge >= 0.3 is 0 Å². The van der Waals surface area contributed by atoms with Crippen LogP contribution in [0, 0.1) is 0 Å². The average molecular weight is 353 g/mol. The minimum atomic E-state index is -0.170. The molecule has 1 saturated heterocycles. The molecule has 120 valence electrons. The third-order valence-corrected chi connectivity index (χ3v) is 4.74. The van der Waals surface area contributed by atoms with E-state index in [1.54, 1.807) is 18.2 Å². The molecule has 0 unspecified atom stereocenters. The molecule has 1 heterocycles. The Morgan fingerprint density at radius 1 is 1.17 bits per heavy atom. The van der Waals surface area contributed by atoms with Crippen LogP contribution in [-0.2, 0) is 4.79 Å². The zero-order valence-corrected chi connectivity index (χ0v) is 14.6. The van der Waals surface area contributed by atoms with Crippen LogP contribution >= 0.6 is 24.0 Å². The first kappa shape index (κ1) is 16.5. The van der Waals surface area contributed by atoms with Crippen LogP contribution in [-0.4, -0.2) is 15.3 Å². The standard InChI is InChI=1S/C19H15NO2S2/c1-13(10-14-6-3-2-4-7-14)11-17-18(22)20(19(23)24-17)15-8-5-9-16(21)12-15/h2-12,21H,1H3/b13-10-,17-11-. The Morgan fingerprint density at radius 3 is 2.62 bits per heavy atom. The number of carbonyl (C=O) groups excluding carboxylic acids is 1. The largest absolute Gasteiger partial charge is 0.508 e. The maximum absolute atomic E-state index is 12.7. The zero-order valence-electron chi connectivity index (χ0n) is 13.0. The van der Waals surface area contributed by atoms with Gasteiger partial charge in [-0.2, -0.15) is 0 Å². The fourth-order valence-electron chi connectivity index (χ4n) is 2.38. The summed E-state index contributed by atoms with van der Waals surface area (Å²) in [4.78, 5) is 14.7. The lowest BCUT2D eigenvalue weighted by Gasteiger charge is -2.14. The highest BCUT2D eigenvalue weighted by molar-refractivity contribution is 8.27. The van der Waals surface area contributed by atoms with Crippen molar-refractivity contribution < 1.29 is 9.90 Å². The lowest BCUT2D eigenvalue weighted by molar-refractivity contribution is -0.113. The maximum atomic E-state index is 12.7. The van der Waals surface area contributed by atoms with Crippen molar-refractivity contribution in [1.29, 1.82) is 0 Å². The number of hydrogen-bond donors (Lipinski definition) is 1. The van der Waals surface area contributed by atoms with E-state index in [1.807, 2.05) is 49.4 Å². The summed E-state index contributed by atoms with van der Waals surface area (Å²) in [6.07, 6.45) is 3.86. The van der Waals surface area contributed by atoms with Crippen LogP contribution in [0.3, 0.4) is 0 Å². The Labute approximate surface area is 150 Å². The molecular weight excluding hydrogens is 338 g/mol. The number of thioether (sulfide) groups is 1. The van der Waals surface area contributed by atoms with E-state index in [1.165, 1.54) is 22.7 Å². The number of rotatable bonds is 3. The van der Waals surface area contributed by atoms with Crippen molar-refractivity contribution in [2.24, 2.45) is 0 Å². The molecule has 3 nitrogen and oxygen atoms in total. The first-order valence-electron chi connectivity index (χ1n) is 7.35. The van der Waals surface area contributed by atoms with Crippen molar-refractivity contribution in [2.45, 2.75) is 6.92 Å². The molecule has 0 radical (unpaired) electrons. The van der Waals surface area contributed by atoms with Crippen molar-refractivity contribution >= 4 is 46.0 Å². The van der Waals surface area contributed by atoms with Gasteiger partial charge in [0.1, 0.15) is 5.75 Å². The van der Waals surface area contributed by atoms with E-state index in [9.17, 15) is 9.90 Å². The number of thiocarbonyl (C=S) groups is 1. The van der Waals surface area contributed by atoms with Gasteiger partial charge in [0.15, 0.2) is 4.32 Å². The van der Waals surface area contributed by atoms with Gasteiger partial charge in [-0.3, -0.25) is 9.69 Å². The van der Waals surface area contributed by atoms with Crippen LogP contribution in [0.1, 0.15) is 12.5 Å². The number of nitrogens with zero attached hydrogens (tertiary/aromatic N) is 1. The van der Waals surface area contributed by atoms with E-state index in [2.05, 4.69) is 0 Å². The molecule has 24 heavy (non-hydrogen) atoms. The second-order valence-corrected chi connectivity index (χ2v) is 7.01. The van der Waals surface area contributed by atoms with Crippen molar-refractivity contribution in [3.05, 3.63) is 76.7 Å². The van der Waals surface area contributed by atoms with E-state index >= 15 is 0 Å². The van der Waals surface area contributed by atoms with Gasteiger partial charge in [0.05, 0.1) is 10.6 Å². The average Bonchev–Trinajstić information content (AvgIpc) is 2.82. The van der Waals surface area contributed by atoms with Gasteiger partial charge in [-0.1, -0.05) is 66.5 Å². The van der Waals surface area contributed by atoms with Crippen LogP contribution < -0.4 is 4.90 Å². The Bertz CT molecular complexity index is 857.